The second kappa shape index (κ2) is 8.73. The number of methoxy groups -OCH3 is 2. The third-order valence-corrected chi connectivity index (χ3v) is 5.16. The lowest BCUT2D eigenvalue weighted by atomic mass is 10.1. The number of carbonyl (C=O) groups excluding carboxylic acids is 1. The average Bonchev–Trinajstić information content (AvgIpc) is 2.52. The number of hydrogen-bond acceptors (Lipinski definition) is 5. The monoisotopic (exact) mass is 344 g/mol. The van der Waals surface area contributed by atoms with Gasteiger partial charge in [0.2, 0.25) is 15.9 Å². The van der Waals surface area contributed by atoms with E-state index in [2.05, 4.69) is 5.32 Å². The van der Waals surface area contributed by atoms with E-state index in [4.69, 9.17) is 9.47 Å². The van der Waals surface area contributed by atoms with Gasteiger partial charge in [-0.05, 0) is 24.1 Å². The molecule has 0 unspecified atom stereocenters. The number of carbonyl (C=O) groups is 1. The minimum absolute atomic E-state index is 0.0492. The molecule has 0 spiro atoms. The molecule has 0 aliphatic carbocycles. The molecule has 0 fully saturated rings. The van der Waals surface area contributed by atoms with E-state index < -0.39 is 10.0 Å². The van der Waals surface area contributed by atoms with Crippen LogP contribution in [0, 0.1) is 0 Å². The summed E-state index contributed by atoms with van der Waals surface area (Å²) in [5.74, 6) is 0.806. The third kappa shape index (κ3) is 6.07. The highest BCUT2D eigenvalue weighted by atomic mass is 32.2. The zero-order valence-corrected chi connectivity index (χ0v) is 14.8. The predicted octanol–water partition coefficient (Wildman–Crippen LogP) is 0.644. The molecule has 1 aromatic carbocycles. The van der Waals surface area contributed by atoms with Crippen LogP contribution in [0.1, 0.15) is 12.0 Å². The fourth-order valence-electron chi connectivity index (χ4n) is 1.88. The summed E-state index contributed by atoms with van der Waals surface area (Å²) in [4.78, 5) is 11.7. The number of sulfonamides is 1. The first-order chi connectivity index (χ1) is 10.8. The molecule has 0 aromatic heterocycles. The molecule has 1 rings (SSSR count). The van der Waals surface area contributed by atoms with E-state index in [1.165, 1.54) is 14.1 Å². The molecule has 0 saturated carbocycles. The summed E-state index contributed by atoms with van der Waals surface area (Å²) < 4.78 is 34.7. The molecule has 130 valence electrons. The van der Waals surface area contributed by atoms with Crippen LogP contribution < -0.4 is 14.8 Å². The van der Waals surface area contributed by atoms with E-state index in [0.29, 0.717) is 24.5 Å². The van der Waals surface area contributed by atoms with Gasteiger partial charge in [0.15, 0.2) is 11.5 Å². The number of hydrogen-bond donors (Lipinski definition) is 1. The average molecular weight is 344 g/mol. The van der Waals surface area contributed by atoms with Gasteiger partial charge in [-0.1, -0.05) is 6.07 Å². The summed E-state index contributed by atoms with van der Waals surface area (Å²) in [6.07, 6.45) is 0.568. The van der Waals surface area contributed by atoms with E-state index in [-0.39, 0.29) is 18.1 Å². The highest BCUT2D eigenvalue weighted by molar-refractivity contribution is 7.89. The fourth-order valence-corrected chi connectivity index (χ4v) is 2.68. The summed E-state index contributed by atoms with van der Waals surface area (Å²) in [5, 5.41) is 2.71. The number of amides is 1. The van der Waals surface area contributed by atoms with Gasteiger partial charge in [0, 0.05) is 27.1 Å². The van der Waals surface area contributed by atoms with Crippen molar-refractivity contribution in [1.29, 1.82) is 0 Å². The molecule has 0 aliphatic heterocycles. The lowest BCUT2D eigenvalue weighted by Gasteiger charge is -2.11. The number of nitrogens with one attached hydrogen (secondary N) is 1. The van der Waals surface area contributed by atoms with E-state index >= 15 is 0 Å². The summed E-state index contributed by atoms with van der Waals surface area (Å²) in [6.45, 7) is 0.427. The molecule has 8 heteroatoms. The molecule has 0 aliphatic rings. The summed E-state index contributed by atoms with van der Waals surface area (Å²) in [5.41, 5.74) is 0.990. The molecule has 1 amide bonds. The van der Waals surface area contributed by atoms with Crippen LogP contribution in [-0.2, 0) is 21.2 Å². The molecule has 23 heavy (non-hydrogen) atoms. The van der Waals surface area contributed by atoms with Crippen molar-refractivity contribution in [3.8, 4) is 11.5 Å². The van der Waals surface area contributed by atoms with E-state index in [0.717, 1.165) is 9.87 Å². The summed E-state index contributed by atoms with van der Waals surface area (Å²) in [6, 6.07) is 5.55. The first-order valence-corrected chi connectivity index (χ1v) is 8.79. The van der Waals surface area contributed by atoms with Crippen LogP contribution in [0.15, 0.2) is 18.2 Å². The normalized spacial score (nSPS) is 11.3. The Labute approximate surface area is 137 Å². The van der Waals surface area contributed by atoms with Crippen LogP contribution in [-0.4, -0.2) is 59.2 Å². The van der Waals surface area contributed by atoms with Crippen molar-refractivity contribution in [2.75, 3.05) is 40.6 Å². The highest BCUT2D eigenvalue weighted by Crippen LogP contribution is 2.27. The smallest absolute Gasteiger partial charge is 0.221 e. The maximum Gasteiger partial charge on any atom is 0.221 e. The van der Waals surface area contributed by atoms with Crippen LogP contribution in [0.4, 0.5) is 0 Å². The van der Waals surface area contributed by atoms with Gasteiger partial charge in [-0.25, -0.2) is 12.7 Å². The van der Waals surface area contributed by atoms with Gasteiger partial charge in [-0.2, -0.15) is 0 Å². The number of nitrogens with zero attached hydrogens (tertiary/aromatic N) is 1. The topological polar surface area (TPSA) is 84.9 Å². The minimum Gasteiger partial charge on any atom is -0.493 e. The third-order valence-electron chi connectivity index (χ3n) is 3.33. The molecule has 0 heterocycles. The Morgan fingerprint density at radius 2 is 1.83 bits per heavy atom. The van der Waals surface area contributed by atoms with Crippen molar-refractivity contribution in [3.63, 3.8) is 0 Å². The quantitative estimate of drug-likeness (QED) is 0.711. The maximum absolute atomic E-state index is 11.7. The Morgan fingerprint density at radius 3 is 2.39 bits per heavy atom. The molecule has 1 aromatic rings. The Balaban J connectivity index is 2.44. The van der Waals surface area contributed by atoms with Gasteiger partial charge in [0.25, 0.3) is 0 Å². The molecule has 0 radical (unpaired) electrons. The van der Waals surface area contributed by atoms with Gasteiger partial charge in [0.05, 0.1) is 20.0 Å². The molecule has 0 atom stereocenters. The van der Waals surface area contributed by atoms with Crippen LogP contribution in [0.3, 0.4) is 0 Å². The molecule has 1 N–H and O–H groups in total. The Kier molecular flexibility index (Phi) is 7.31. The lowest BCUT2D eigenvalue weighted by molar-refractivity contribution is -0.120. The van der Waals surface area contributed by atoms with Gasteiger partial charge >= 0.3 is 0 Å². The Hall–Kier alpha value is -1.80. The van der Waals surface area contributed by atoms with Crippen molar-refractivity contribution in [2.24, 2.45) is 0 Å². The second-order valence-corrected chi connectivity index (χ2v) is 7.44. The van der Waals surface area contributed by atoms with Gasteiger partial charge in [0.1, 0.15) is 0 Å². The fraction of sp³-hybridized carbons (Fsp3) is 0.533. The number of ether oxygens (including phenoxy) is 2. The van der Waals surface area contributed by atoms with Gasteiger partial charge in [-0.15, -0.1) is 0 Å². The number of benzene rings is 1. The van der Waals surface area contributed by atoms with Crippen LogP contribution in [0.25, 0.3) is 0 Å². The van der Waals surface area contributed by atoms with Crippen molar-refractivity contribution in [2.45, 2.75) is 12.8 Å². The van der Waals surface area contributed by atoms with Crippen molar-refractivity contribution in [1.82, 2.24) is 9.62 Å². The molecule has 7 nitrogen and oxygen atoms in total. The molecule has 0 bridgehead atoms. The first kappa shape index (κ1) is 19.2. The van der Waals surface area contributed by atoms with Gasteiger partial charge < -0.3 is 14.8 Å². The second-order valence-electron chi connectivity index (χ2n) is 5.14. The highest BCUT2D eigenvalue weighted by Gasteiger charge is 2.15. The predicted molar refractivity (Wildman–Crippen MR) is 88.4 cm³/mol. The van der Waals surface area contributed by atoms with Crippen LogP contribution in [0.5, 0.6) is 11.5 Å². The van der Waals surface area contributed by atoms with Gasteiger partial charge in [-0.3, -0.25) is 4.79 Å². The summed E-state index contributed by atoms with van der Waals surface area (Å²) in [7, 11) is 2.69. The zero-order chi connectivity index (χ0) is 17.5. The van der Waals surface area contributed by atoms with E-state index in [1.54, 1.807) is 20.3 Å². The van der Waals surface area contributed by atoms with Crippen molar-refractivity contribution < 1.29 is 22.7 Å². The Morgan fingerprint density at radius 1 is 1.17 bits per heavy atom. The number of rotatable bonds is 9. The van der Waals surface area contributed by atoms with Crippen LogP contribution >= 0.6 is 0 Å². The standard InChI is InChI=1S/C15H24N2O5S/c1-17(2)23(19,20)10-8-15(18)16-9-7-12-5-6-13(21-3)14(11-12)22-4/h5-6,11H,7-10H2,1-4H3,(H,16,18). The lowest BCUT2D eigenvalue weighted by Crippen LogP contribution is -2.31. The maximum atomic E-state index is 11.7. The molecular formula is C15H24N2O5S. The zero-order valence-electron chi connectivity index (χ0n) is 14.0. The minimum atomic E-state index is -3.35. The molecule has 0 saturated heterocycles. The Bertz CT molecular complexity index is 629. The molecular weight excluding hydrogens is 320 g/mol. The van der Waals surface area contributed by atoms with Crippen molar-refractivity contribution in [3.05, 3.63) is 23.8 Å². The largest absolute Gasteiger partial charge is 0.493 e. The first-order valence-electron chi connectivity index (χ1n) is 7.18. The van der Waals surface area contributed by atoms with E-state index in [9.17, 15) is 13.2 Å². The van der Waals surface area contributed by atoms with E-state index in [1.807, 2.05) is 12.1 Å². The van der Waals surface area contributed by atoms with Crippen molar-refractivity contribution >= 4 is 15.9 Å². The summed E-state index contributed by atoms with van der Waals surface area (Å²) >= 11 is 0. The SMILES string of the molecule is COc1ccc(CCNC(=O)CCS(=O)(=O)N(C)C)cc1OC. The van der Waals surface area contributed by atoms with Crippen LogP contribution in [0.2, 0.25) is 0 Å².